The van der Waals surface area contributed by atoms with Gasteiger partial charge < -0.3 is 14.6 Å². The Bertz CT molecular complexity index is 530. The van der Waals surface area contributed by atoms with Gasteiger partial charge in [-0.3, -0.25) is 4.79 Å². The molecule has 2 rings (SSSR count). The maximum atomic E-state index is 13.3. The predicted molar refractivity (Wildman–Crippen MR) is 104 cm³/mol. The zero-order valence-corrected chi connectivity index (χ0v) is 17.6. The summed E-state index contributed by atoms with van der Waals surface area (Å²) in [6.45, 7) is 14.9. The van der Waals surface area contributed by atoms with E-state index in [1.54, 1.807) is 0 Å². The lowest BCUT2D eigenvalue weighted by molar-refractivity contribution is -0.247. The van der Waals surface area contributed by atoms with Crippen molar-refractivity contribution < 1.29 is 19.4 Å². The van der Waals surface area contributed by atoms with Crippen molar-refractivity contribution in [3.63, 3.8) is 0 Å². The molecule has 0 aromatic heterocycles. The Morgan fingerprint density at radius 3 is 2.50 bits per heavy atom. The van der Waals surface area contributed by atoms with Crippen LogP contribution in [-0.4, -0.2) is 35.0 Å². The molecule has 0 spiro atoms. The van der Waals surface area contributed by atoms with Crippen molar-refractivity contribution in [1.29, 1.82) is 0 Å². The lowest BCUT2D eigenvalue weighted by Gasteiger charge is -2.41. The predicted octanol–water partition coefficient (Wildman–Crippen LogP) is 4.36. The first-order valence-electron chi connectivity index (χ1n) is 10.3. The summed E-state index contributed by atoms with van der Waals surface area (Å²) >= 11 is 0. The number of hydrogen-bond acceptors (Lipinski definition) is 4. The van der Waals surface area contributed by atoms with Crippen LogP contribution in [0.25, 0.3) is 0 Å². The fraction of sp³-hybridized carbons (Fsp3) is 0.864. The highest BCUT2D eigenvalue weighted by Crippen LogP contribution is 2.51. The zero-order chi connectivity index (χ0) is 19.7. The zero-order valence-electron chi connectivity index (χ0n) is 17.6. The second kappa shape index (κ2) is 8.12. The molecule has 3 unspecified atom stereocenters. The quantitative estimate of drug-likeness (QED) is 0.512. The topological polar surface area (TPSA) is 59.1 Å². The minimum atomic E-state index is -1.07. The Morgan fingerprint density at radius 1 is 1.35 bits per heavy atom. The monoisotopic (exact) mass is 366 g/mol. The van der Waals surface area contributed by atoms with Gasteiger partial charge in [0.2, 0.25) is 0 Å². The van der Waals surface area contributed by atoms with E-state index < -0.39 is 5.79 Å². The van der Waals surface area contributed by atoms with Crippen LogP contribution in [0.2, 0.25) is 0 Å². The third-order valence-corrected chi connectivity index (χ3v) is 6.95. The van der Waals surface area contributed by atoms with Gasteiger partial charge in [0.1, 0.15) is 5.78 Å². The molecule has 0 amide bonds. The van der Waals surface area contributed by atoms with Crippen molar-refractivity contribution in [2.24, 2.45) is 29.6 Å². The molecule has 0 aromatic carbocycles. The van der Waals surface area contributed by atoms with E-state index in [9.17, 15) is 9.90 Å². The average Bonchev–Trinajstić information content (AvgIpc) is 3.29. The average molecular weight is 367 g/mol. The van der Waals surface area contributed by atoms with Crippen molar-refractivity contribution in [1.82, 2.24) is 0 Å². The maximum absolute atomic E-state index is 13.3. The molecule has 2 aliphatic heterocycles. The molecule has 2 saturated heterocycles. The second-order valence-electron chi connectivity index (χ2n) is 8.71. The lowest BCUT2D eigenvalue weighted by atomic mass is 9.71. The molecule has 8 atom stereocenters. The standard InChI is InChI=1S/C22H38O4/c1-8-11-14(4)20-21(7,26-20)16(6)17(9-2)19(23)18-13-25-22(24,10-3)12-15(18)5/h8,11,14-18,20,24H,9-10,12-13H2,1-7H3/b11-8-/t14-,15?,16-,17+,18?,20+,21-,22?/m0/s1. The molecule has 4 nitrogen and oxygen atoms in total. The summed E-state index contributed by atoms with van der Waals surface area (Å²) in [5.74, 6) is -0.307. The van der Waals surface area contributed by atoms with Gasteiger partial charge >= 0.3 is 0 Å². The highest BCUT2D eigenvalue weighted by Gasteiger charge is 2.60. The minimum Gasteiger partial charge on any atom is -0.365 e. The van der Waals surface area contributed by atoms with Crippen molar-refractivity contribution in [3.8, 4) is 0 Å². The molecule has 4 heteroatoms. The summed E-state index contributed by atoms with van der Waals surface area (Å²) < 4.78 is 11.8. The molecule has 2 aliphatic rings. The highest BCUT2D eigenvalue weighted by molar-refractivity contribution is 5.84. The van der Waals surface area contributed by atoms with E-state index in [1.807, 2.05) is 13.8 Å². The maximum Gasteiger partial charge on any atom is 0.165 e. The number of allylic oxidation sites excluding steroid dienone is 1. The number of hydrogen-bond donors (Lipinski definition) is 1. The summed E-state index contributed by atoms with van der Waals surface area (Å²) in [4.78, 5) is 13.3. The van der Waals surface area contributed by atoms with E-state index in [0.717, 1.165) is 6.42 Å². The van der Waals surface area contributed by atoms with Crippen LogP contribution in [0, 0.1) is 29.6 Å². The van der Waals surface area contributed by atoms with Gasteiger partial charge in [-0.05, 0) is 38.5 Å². The number of ether oxygens (including phenoxy) is 2. The number of carbonyl (C=O) groups is 1. The Hall–Kier alpha value is -0.710. The molecule has 0 aliphatic carbocycles. The fourth-order valence-corrected chi connectivity index (χ4v) is 4.84. The number of rotatable bonds is 8. The molecule has 26 heavy (non-hydrogen) atoms. The minimum absolute atomic E-state index is 0.0355. The van der Waals surface area contributed by atoms with E-state index in [2.05, 4.69) is 46.8 Å². The van der Waals surface area contributed by atoms with Gasteiger partial charge in [-0.15, -0.1) is 0 Å². The van der Waals surface area contributed by atoms with Crippen LogP contribution in [0.3, 0.4) is 0 Å². The third-order valence-electron chi connectivity index (χ3n) is 6.95. The van der Waals surface area contributed by atoms with Gasteiger partial charge in [-0.25, -0.2) is 0 Å². The Kier molecular flexibility index (Phi) is 6.74. The Balaban J connectivity index is 2.07. The summed E-state index contributed by atoms with van der Waals surface area (Å²) in [5.41, 5.74) is -0.238. The van der Waals surface area contributed by atoms with Crippen LogP contribution < -0.4 is 0 Å². The van der Waals surface area contributed by atoms with Crippen LogP contribution in [0.5, 0.6) is 0 Å². The number of epoxide rings is 1. The molecular weight excluding hydrogens is 328 g/mol. The summed E-state index contributed by atoms with van der Waals surface area (Å²) in [7, 11) is 0. The molecule has 2 fully saturated rings. The summed E-state index contributed by atoms with van der Waals surface area (Å²) in [6, 6.07) is 0. The molecule has 150 valence electrons. The number of carbonyl (C=O) groups excluding carboxylic acids is 1. The molecule has 0 radical (unpaired) electrons. The summed E-state index contributed by atoms with van der Waals surface area (Å²) in [5, 5.41) is 10.4. The van der Waals surface area contributed by atoms with Gasteiger partial charge in [-0.2, -0.15) is 0 Å². The first kappa shape index (κ1) is 21.6. The lowest BCUT2D eigenvalue weighted by Crippen LogP contribution is -2.48. The van der Waals surface area contributed by atoms with Crippen molar-refractivity contribution in [3.05, 3.63) is 12.2 Å². The number of ketones is 1. The van der Waals surface area contributed by atoms with Crippen LogP contribution in [0.4, 0.5) is 0 Å². The molecule has 2 heterocycles. The van der Waals surface area contributed by atoms with Crippen LogP contribution in [-0.2, 0) is 14.3 Å². The van der Waals surface area contributed by atoms with Crippen molar-refractivity contribution >= 4 is 5.78 Å². The van der Waals surface area contributed by atoms with E-state index in [1.165, 1.54) is 0 Å². The van der Waals surface area contributed by atoms with Gasteiger partial charge in [-0.1, -0.05) is 46.8 Å². The van der Waals surface area contributed by atoms with E-state index in [4.69, 9.17) is 9.47 Å². The molecule has 0 saturated carbocycles. The first-order chi connectivity index (χ1) is 12.1. The number of aliphatic hydroxyl groups is 1. The van der Waals surface area contributed by atoms with Gasteiger partial charge in [0.25, 0.3) is 0 Å². The largest absolute Gasteiger partial charge is 0.365 e. The van der Waals surface area contributed by atoms with E-state index >= 15 is 0 Å². The molecule has 0 aromatic rings. The normalized spacial score (nSPS) is 41.0. The van der Waals surface area contributed by atoms with E-state index in [0.29, 0.717) is 25.4 Å². The highest BCUT2D eigenvalue weighted by atomic mass is 16.6. The molecule has 1 N–H and O–H groups in total. The Labute approximate surface area is 159 Å². The first-order valence-corrected chi connectivity index (χ1v) is 10.3. The SMILES string of the molecule is C/C=C\[C@H](C)[C@H]1O[C@@]1(C)[C@@H](C)[C@@H](CC)C(=O)C1COC(O)(CC)CC1C. The molecule has 0 bridgehead atoms. The van der Waals surface area contributed by atoms with Crippen LogP contribution in [0.1, 0.15) is 67.7 Å². The fourth-order valence-electron chi connectivity index (χ4n) is 4.84. The van der Waals surface area contributed by atoms with E-state index in [-0.39, 0.29) is 41.2 Å². The summed E-state index contributed by atoms with van der Waals surface area (Å²) in [6.07, 6.45) is 6.32. The third kappa shape index (κ3) is 4.07. The smallest absolute Gasteiger partial charge is 0.165 e. The Morgan fingerprint density at radius 2 is 2.00 bits per heavy atom. The second-order valence-corrected chi connectivity index (χ2v) is 8.71. The van der Waals surface area contributed by atoms with Crippen molar-refractivity contribution in [2.75, 3.05) is 6.61 Å². The molecular formula is C22H38O4. The van der Waals surface area contributed by atoms with Crippen LogP contribution >= 0.6 is 0 Å². The van der Waals surface area contributed by atoms with Gasteiger partial charge in [0.15, 0.2) is 5.79 Å². The number of Topliss-reactive ketones (excluding diaryl/α,β-unsaturated/α-hetero) is 1. The van der Waals surface area contributed by atoms with Gasteiger partial charge in [0, 0.05) is 24.2 Å². The van der Waals surface area contributed by atoms with Gasteiger partial charge in [0.05, 0.1) is 18.3 Å². The van der Waals surface area contributed by atoms with Crippen LogP contribution in [0.15, 0.2) is 12.2 Å². The van der Waals surface area contributed by atoms with Crippen molar-refractivity contribution in [2.45, 2.75) is 85.2 Å².